The quantitative estimate of drug-likeness (QED) is 0.910. The minimum Gasteiger partial charge on any atom is -0.493 e. The second-order valence-electron chi connectivity index (χ2n) is 6.00. The van der Waals surface area contributed by atoms with Crippen molar-refractivity contribution in [3.8, 4) is 17.0 Å². The Morgan fingerprint density at radius 3 is 2.33 bits per heavy atom. The van der Waals surface area contributed by atoms with E-state index >= 15 is 0 Å². The summed E-state index contributed by atoms with van der Waals surface area (Å²) >= 11 is 0. The van der Waals surface area contributed by atoms with Crippen LogP contribution in [0.2, 0.25) is 0 Å². The van der Waals surface area contributed by atoms with Gasteiger partial charge < -0.3 is 14.8 Å². The molecule has 0 radical (unpaired) electrons. The molecule has 0 fully saturated rings. The minimum atomic E-state index is -0.416. The molecule has 0 aliphatic carbocycles. The standard InChI is InChI=1S/C16H20N2O3/c1-16(2,3)12(21-4)13-17-14(19)11(15(20)18-13)10-8-6-5-7-9-10/h5-9,12H,1-4H3,(H2,17,18,19,20). The number of aromatic nitrogens is 2. The third kappa shape index (κ3) is 3.13. The SMILES string of the molecule is COC(c1nc(O)c(-c2ccccc2)c(=O)[nH]1)C(C)(C)C. The van der Waals surface area contributed by atoms with Crippen molar-refractivity contribution in [3.63, 3.8) is 0 Å². The van der Waals surface area contributed by atoms with Crippen molar-refractivity contribution in [2.45, 2.75) is 26.9 Å². The summed E-state index contributed by atoms with van der Waals surface area (Å²) in [6.45, 7) is 5.93. The van der Waals surface area contributed by atoms with E-state index in [9.17, 15) is 9.90 Å². The van der Waals surface area contributed by atoms with Crippen molar-refractivity contribution in [1.82, 2.24) is 9.97 Å². The molecule has 0 aliphatic rings. The fourth-order valence-electron chi connectivity index (χ4n) is 2.34. The van der Waals surface area contributed by atoms with Crippen molar-refractivity contribution in [2.75, 3.05) is 7.11 Å². The van der Waals surface area contributed by atoms with Crippen LogP contribution in [0.25, 0.3) is 11.1 Å². The maximum atomic E-state index is 12.3. The Labute approximate surface area is 123 Å². The van der Waals surface area contributed by atoms with Gasteiger partial charge in [0.25, 0.3) is 5.56 Å². The third-order valence-electron chi connectivity index (χ3n) is 3.25. The lowest BCUT2D eigenvalue weighted by Gasteiger charge is -2.28. The predicted molar refractivity (Wildman–Crippen MR) is 81.2 cm³/mol. The van der Waals surface area contributed by atoms with Crippen LogP contribution in [0.5, 0.6) is 5.88 Å². The first-order valence-electron chi connectivity index (χ1n) is 6.76. The van der Waals surface area contributed by atoms with E-state index in [0.717, 1.165) is 0 Å². The van der Waals surface area contributed by atoms with Gasteiger partial charge in [0.2, 0.25) is 5.88 Å². The van der Waals surface area contributed by atoms with Gasteiger partial charge in [0, 0.05) is 7.11 Å². The summed E-state index contributed by atoms with van der Waals surface area (Å²) in [5.74, 6) is 0.0402. The largest absolute Gasteiger partial charge is 0.493 e. The molecule has 0 amide bonds. The van der Waals surface area contributed by atoms with Crippen LogP contribution in [0.1, 0.15) is 32.7 Å². The highest BCUT2D eigenvalue weighted by molar-refractivity contribution is 5.66. The number of hydrogen-bond acceptors (Lipinski definition) is 4. The zero-order valence-corrected chi connectivity index (χ0v) is 12.7. The molecule has 21 heavy (non-hydrogen) atoms. The van der Waals surface area contributed by atoms with Crippen LogP contribution in [-0.4, -0.2) is 22.2 Å². The Balaban J connectivity index is 2.55. The molecule has 0 saturated heterocycles. The Kier molecular flexibility index (Phi) is 4.14. The van der Waals surface area contributed by atoms with Crippen molar-refractivity contribution in [3.05, 3.63) is 46.5 Å². The van der Waals surface area contributed by atoms with Crippen molar-refractivity contribution in [1.29, 1.82) is 0 Å². The Bertz CT molecular complexity index is 672. The zero-order chi connectivity index (χ0) is 15.6. The van der Waals surface area contributed by atoms with Gasteiger partial charge in [-0.25, -0.2) is 0 Å². The van der Waals surface area contributed by atoms with Gasteiger partial charge in [-0.3, -0.25) is 4.79 Å². The molecule has 5 heteroatoms. The second kappa shape index (κ2) is 5.69. The molecule has 112 valence electrons. The number of H-pyrrole nitrogens is 1. The van der Waals surface area contributed by atoms with E-state index in [0.29, 0.717) is 11.4 Å². The second-order valence-corrected chi connectivity index (χ2v) is 6.00. The molecule has 1 atom stereocenters. The first-order chi connectivity index (χ1) is 9.84. The summed E-state index contributed by atoms with van der Waals surface area (Å²) < 4.78 is 5.41. The molecule has 1 unspecified atom stereocenters. The van der Waals surface area contributed by atoms with E-state index < -0.39 is 6.10 Å². The molecule has 1 aromatic heterocycles. The summed E-state index contributed by atoms with van der Waals surface area (Å²) in [6, 6.07) is 8.95. The van der Waals surface area contributed by atoms with Crippen molar-refractivity contribution in [2.24, 2.45) is 5.41 Å². The van der Waals surface area contributed by atoms with Crippen LogP contribution in [0.4, 0.5) is 0 Å². The zero-order valence-electron chi connectivity index (χ0n) is 12.7. The highest BCUT2D eigenvalue weighted by atomic mass is 16.5. The Hall–Kier alpha value is -2.14. The summed E-state index contributed by atoms with van der Waals surface area (Å²) in [5, 5.41) is 10.1. The van der Waals surface area contributed by atoms with E-state index in [2.05, 4.69) is 9.97 Å². The smallest absolute Gasteiger partial charge is 0.262 e. The van der Waals surface area contributed by atoms with Crippen LogP contribution in [-0.2, 0) is 4.74 Å². The van der Waals surface area contributed by atoms with E-state index in [-0.39, 0.29) is 22.4 Å². The number of ether oxygens (including phenoxy) is 1. The van der Waals surface area contributed by atoms with Crippen molar-refractivity contribution < 1.29 is 9.84 Å². The number of nitrogens with one attached hydrogen (secondary N) is 1. The van der Waals surface area contributed by atoms with Crippen LogP contribution in [0.15, 0.2) is 35.1 Å². The Morgan fingerprint density at radius 1 is 1.24 bits per heavy atom. The third-order valence-corrected chi connectivity index (χ3v) is 3.25. The lowest BCUT2D eigenvalue weighted by atomic mass is 9.88. The number of aromatic hydroxyl groups is 1. The molecular weight excluding hydrogens is 268 g/mol. The number of benzene rings is 1. The number of nitrogens with zero attached hydrogens (tertiary/aromatic N) is 1. The first kappa shape index (κ1) is 15.3. The van der Waals surface area contributed by atoms with Crippen LogP contribution in [0, 0.1) is 5.41 Å². The van der Waals surface area contributed by atoms with Crippen LogP contribution in [0.3, 0.4) is 0 Å². The van der Waals surface area contributed by atoms with Gasteiger partial charge in [-0.2, -0.15) is 4.98 Å². The van der Waals surface area contributed by atoms with Gasteiger partial charge in [-0.1, -0.05) is 51.1 Å². The highest BCUT2D eigenvalue weighted by Crippen LogP contribution is 2.34. The van der Waals surface area contributed by atoms with E-state index in [1.54, 1.807) is 31.4 Å². The normalized spacial score (nSPS) is 13.1. The molecule has 2 N–H and O–H groups in total. The highest BCUT2D eigenvalue weighted by Gasteiger charge is 2.29. The van der Waals surface area contributed by atoms with Crippen molar-refractivity contribution >= 4 is 0 Å². The number of aromatic amines is 1. The monoisotopic (exact) mass is 288 g/mol. The fourth-order valence-corrected chi connectivity index (χ4v) is 2.34. The van der Waals surface area contributed by atoms with E-state index in [4.69, 9.17) is 4.74 Å². The summed E-state index contributed by atoms with van der Waals surface area (Å²) in [4.78, 5) is 19.1. The number of methoxy groups -OCH3 is 1. The molecule has 1 heterocycles. The molecule has 0 aliphatic heterocycles. The van der Waals surface area contributed by atoms with Gasteiger partial charge in [0.1, 0.15) is 17.5 Å². The topological polar surface area (TPSA) is 75.2 Å². The minimum absolute atomic E-state index is 0.170. The predicted octanol–water partition coefficient (Wildman–Crippen LogP) is 2.88. The first-order valence-corrected chi connectivity index (χ1v) is 6.76. The maximum absolute atomic E-state index is 12.3. The van der Waals surface area contributed by atoms with Crippen LogP contribution >= 0.6 is 0 Å². The fraction of sp³-hybridized carbons (Fsp3) is 0.375. The molecule has 2 aromatic rings. The summed E-state index contributed by atoms with van der Waals surface area (Å²) in [5.41, 5.74) is 0.156. The van der Waals surface area contributed by atoms with Gasteiger partial charge >= 0.3 is 0 Å². The molecule has 5 nitrogen and oxygen atoms in total. The van der Waals surface area contributed by atoms with Gasteiger partial charge in [0.15, 0.2) is 0 Å². The Morgan fingerprint density at radius 2 is 1.86 bits per heavy atom. The van der Waals surface area contributed by atoms with Gasteiger partial charge in [-0.05, 0) is 11.0 Å². The average molecular weight is 288 g/mol. The van der Waals surface area contributed by atoms with Crippen LogP contribution < -0.4 is 5.56 Å². The number of hydrogen-bond donors (Lipinski definition) is 2. The lowest BCUT2D eigenvalue weighted by Crippen LogP contribution is -2.25. The summed E-state index contributed by atoms with van der Waals surface area (Å²) in [7, 11) is 1.55. The van der Waals surface area contributed by atoms with E-state index in [1.807, 2.05) is 26.8 Å². The molecule has 0 saturated carbocycles. The molecule has 1 aromatic carbocycles. The maximum Gasteiger partial charge on any atom is 0.262 e. The molecule has 0 spiro atoms. The molecule has 2 rings (SSSR count). The lowest BCUT2D eigenvalue weighted by molar-refractivity contribution is 0.00814. The molecular formula is C16H20N2O3. The average Bonchev–Trinajstić information content (AvgIpc) is 2.38. The number of rotatable bonds is 3. The van der Waals surface area contributed by atoms with Gasteiger partial charge in [0.05, 0.1) is 0 Å². The van der Waals surface area contributed by atoms with E-state index in [1.165, 1.54) is 0 Å². The van der Waals surface area contributed by atoms with Gasteiger partial charge in [-0.15, -0.1) is 0 Å². The molecule has 0 bridgehead atoms. The summed E-state index contributed by atoms with van der Waals surface area (Å²) in [6.07, 6.45) is -0.416.